The molecule has 1 amide bonds. The first-order valence-electron chi connectivity index (χ1n) is 9.12. The van der Waals surface area contributed by atoms with Gasteiger partial charge in [0.1, 0.15) is 11.8 Å². The lowest BCUT2D eigenvalue weighted by Crippen LogP contribution is -2.48. The lowest BCUT2D eigenvalue weighted by atomic mass is 10.0. The van der Waals surface area contributed by atoms with E-state index in [1.165, 1.54) is 0 Å². The van der Waals surface area contributed by atoms with Crippen molar-refractivity contribution in [3.8, 4) is 5.75 Å². The molecule has 1 aromatic carbocycles. The first-order valence-corrected chi connectivity index (χ1v) is 10.6. The summed E-state index contributed by atoms with van der Waals surface area (Å²) in [4.78, 5) is 14.8. The fraction of sp³-hybridized carbons (Fsp3) is 0.632. The highest BCUT2D eigenvalue weighted by Crippen LogP contribution is 2.26. The molecule has 0 unspecified atom stereocenters. The van der Waals surface area contributed by atoms with Gasteiger partial charge in [-0.2, -0.15) is 4.72 Å². The molecular formula is C19H30N2O4S. The number of rotatable bonds is 7. The van der Waals surface area contributed by atoms with Crippen LogP contribution in [0.15, 0.2) is 17.0 Å². The molecule has 0 radical (unpaired) electrons. The number of benzene rings is 1. The average molecular weight is 383 g/mol. The quantitative estimate of drug-likeness (QED) is 0.787. The van der Waals surface area contributed by atoms with E-state index in [9.17, 15) is 13.2 Å². The van der Waals surface area contributed by atoms with E-state index in [1.54, 1.807) is 38.0 Å². The summed E-state index contributed by atoms with van der Waals surface area (Å²) in [5, 5.41) is 0. The van der Waals surface area contributed by atoms with Crippen LogP contribution in [0, 0.1) is 19.8 Å². The highest BCUT2D eigenvalue weighted by atomic mass is 32.2. The van der Waals surface area contributed by atoms with Crippen LogP contribution in [0.3, 0.4) is 0 Å². The number of ether oxygens (including phenoxy) is 1. The fourth-order valence-corrected chi connectivity index (χ4v) is 5.18. The minimum Gasteiger partial charge on any atom is -0.497 e. The van der Waals surface area contributed by atoms with Crippen molar-refractivity contribution in [1.82, 2.24) is 9.62 Å². The van der Waals surface area contributed by atoms with E-state index in [4.69, 9.17) is 4.74 Å². The third-order valence-corrected chi connectivity index (χ3v) is 6.43. The maximum Gasteiger partial charge on any atom is 0.241 e. The van der Waals surface area contributed by atoms with E-state index >= 15 is 0 Å². The lowest BCUT2D eigenvalue weighted by Gasteiger charge is -2.26. The van der Waals surface area contributed by atoms with Gasteiger partial charge in [0.15, 0.2) is 0 Å². The molecule has 1 aromatic rings. The molecule has 1 aliphatic rings. The van der Waals surface area contributed by atoms with Crippen molar-refractivity contribution >= 4 is 15.9 Å². The standard InChI is InChI=1S/C19H30N2O4S/c1-13(2)10-17(19(22)21-8-6-7-9-21)20-26(23,24)18-14(3)11-16(25-5)12-15(18)4/h11-13,17,20H,6-10H2,1-5H3/t17-/m1/s1. The third-order valence-electron chi connectivity index (χ3n) is 4.66. The maximum absolute atomic E-state index is 13.1. The molecule has 1 fully saturated rings. The van der Waals surface area contributed by atoms with Crippen LogP contribution in [0.4, 0.5) is 0 Å². The van der Waals surface area contributed by atoms with Crippen LogP contribution in [0.1, 0.15) is 44.2 Å². The number of likely N-dealkylation sites (tertiary alicyclic amines) is 1. The molecule has 0 aliphatic carbocycles. The molecule has 2 rings (SSSR count). The number of hydrogen-bond donors (Lipinski definition) is 1. The number of amides is 1. The Morgan fingerprint density at radius 3 is 2.19 bits per heavy atom. The van der Waals surface area contributed by atoms with Crippen LogP contribution in [-0.2, 0) is 14.8 Å². The first-order chi connectivity index (χ1) is 12.2. The summed E-state index contributed by atoms with van der Waals surface area (Å²) >= 11 is 0. The number of carbonyl (C=O) groups excluding carboxylic acids is 1. The zero-order valence-electron chi connectivity index (χ0n) is 16.3. The molecule has 0 saturated carbocycles. The van der Waals surface area contributed by atoms with Crippen LogP contribution >= 0.6 is 0 Å². The highest BCUT2D eigenvalue weighted by molar-refractivity contribution is 7.89. The van der Waals surface area contributed by atoms with Crippen LogP contribution in [0.2, 0.25) is 0 Å². The summed E-state index contributed by atoms with van der Waals surface area (Å²) in [6.07, 6.45) is 2.43. The van der Waals surface area contributed by atoms with Gasteiger partial charge in [0, 0.05) is 13.1 Å². The van der Waals surface area contributed by atoms with Crippen LogP contribution in [-0.4, -0.2) is 45.5 Å². The van der Waals surface area contributed by atoms with E-state index in [1.807, 2.05) is 13.8 Å². The Kier molecular flexibility index (Phi) is 6.69. The van der Waals surface area contributed by atoms with Gasteiger partial charge in [0.25, 0.3) is 0 Å². The molecule has 0 aromatic heterocycles. The van der Waals surface area contributed by atoms with Crippen molar-refractivity contribution in [2.45, 2.75) is 57.9 Å². The van der Waals surface area contributed by atoms with E-state index < -0.39 is 16.1 Å². The Labute approximate surface area is 157 Å². The van der Waals surface area contributed by atoms with Gasteiger partial charge in [-0.3, -0.25) is 4.79 Å². The predicted molar refractivity (Wildman–Crippen MR) is 102 cm³/mol. The molecule has 1 N–H and O–H groups in total. The van der Waals surface area contributed by atoms with Gasteiger partial charge < -0.3 is 9.64 Å². The number of nitrogens with zero attached hydrogens (tertiary/aromatic N) is 1. The van der Waals surface area contributed by atoms with Gasteiger partial charge in [-0.25, -0.2) is 8.42 Å². The molecule has 1 atom stereocenters. The molecule has 26 heavy (non-hydrogen) atoms. The van der Waals surface area contributed by atoms with Gasteiger partial charge in [0.05, 0.1) is 12.0 Å². The summed E-state index contributed by atoms with van der Waals surface area (Å²) in [7, 11) is -2.27. The zero-order chi connectivity index (χ0) is 19.5. The molecule has 1 aliphatic heterocycles. The number of sulfonamides is 1. The van der Waals surface area contributed by atoms with Gasteiger partial charge in [-0.1, -0.05) is 13.8 Å². The summed E-state index contributed by atoms with van der Waals surface area (Å²) in [5.41, 5.74) is 1.21. The molecular weight excluding hydrogens is 352 g/mol. The molecule has 0 bridgehead atoms. The van der Waals surface area contributed by atoms with Crippen molar-refractivity contribution in [1.29, 1.82) is 0 Å². The predicted octanol–water partition coefficient (Wildman–Crippen LogP) is 2.63. The zero-order valence-corrected chi connectivity index (χ0v) is 17.1. The fourth-order valence-electron chi connectivity index (χ4n) is 3.53. The normalized spacial score (nSPS) is 16.2. The molecule has 1 heterocycles. The number of methoxy groups -OCH3 is 1. The second-order valence-corrected chi connectivity index (χ2v) is 9.08. The largest absolute Gasteiger partial charge is 0.497 e. The van der Waals surface area contributed by atoms with Crippen molar-refractivity contribution in [3.05, 3.63) is 23.3 Å². The van der Waals surface area contributed by atoms with E-state index in [2.05, 4.69) is 4.72 Å². The summed E-state index contributed by atoms with van der Waals surface area (Å²) in [6, 6.07) is 2.65. The van der Waals surface area contributed by atoms with Gasteiger partial charge in [0.2, 0.25) is 15.9 Å². The average Bonchev–Trinajstić information content (AvgIpc) is 3.06. The smallest absolute Gasteiger partial charge is 0.241 e. The molecule has 0 spiro atoms. The van der Waals surface area contributed by atoms with Gasteiger partial charge in [-0.15, -0.1) is 0 Å². The second-order valence-electron chi connectivity index (χ2n) is 7.43. The van der Waals surface area contributed by atoms with E-state index in [0.717, 1.165) is 12.8 Å². The van der Waals surface area contributed by atoms with E-state index in [0.29, 0.717) is 36.4 Å². The van der Waals surface area contributed by atoms with Crippen molar-refractivity contribution in [2.24, 2.45) is 5.92 Å². The number of aryl methyl sites for hydroxylation is 2. The molecule has 146 valence electrons. The Bertz CT molecular complexity index is 730. The monoisotopic (exact) mass is 382 g/mol. The first kappa shape index (κ1) is 20.7. The van der Waals surface area contributed by atoms with Crippen molar-refractivity contribution < 1.29 is 17.9 Å². The lowest BCUT2D eigenvalue weighted by molar-refractivity contribution is -0.132. The second kappa shape index (κ2) is 8.39. The minimum absolute atomic E-state index is 0.122. The number of hydrogen-bond acceptors (Lipinski definition) is 4. The molecule has 7 heteroatoms. The SMILES string of the molecule is COc1cc(C)c(S(=O)(=O)N[C@H](CC(C)C)C(=O)N2CCCC2)c(C)c1. The molecule has 6 nitrogen and oxygen atoms in total. The topological polar surface area (TPSA) is 75.7 Å². The number of nitrogens with one attached hydrogen (secondary N) is 1. The van der Waals surface area contributed by atoms with Gasteiger partial charge in [-0.05, 0) is 62.3 Å². The maximum atomic E-state index is 13.1. The summed E-state index contributed by atoms with van der Waals surface area (Å²) < 4.78 is 34.0. The minimum atomic E-state index is -3.82. The Hall–Kier alpha value is -1.60. The van der Waals surface area contributed by atoms with Crippen molar-refractivity contribution in [2.75, 3.05) is 20.2 Å². The van der Waals surface area contributed by atoms with Gasteiger partial charge >= 0.3 is 0 Å². The van der Waals surface area contributed by atoms with Crippen LogP contribution in [0.25, 0.3) is 0 Å². The molecule has 1 saturated heterocycles. The highest BCUT2D eigenvalue weighted by Gasteiger charge is 2.32. The summed E-state index contributed by atoms with van der Waals surface area (Å²) in [5.74, 6) is 0.696. The van der Waals surface area contributed by atoms with Crippen molar-refractivity contribution in [3.63, 3.8) is 0 Å². The Balaban J connectivity index is 2.32. The Morgan fingerprint density at radius 1 is 1.19 bits per heavy atom. The van der Waals surface area contributed by atoms with Crippen LogP contribution in [0.5, 0.6) is 5.75 Å². The summed E-state index contributed by atoms with van der Waals surface area (Å²) in [6.45, 7) is 8.87. The van der Waals surface area contributed by atoms with E-state index in [-0.39, 0.29) is 16.7 Å². The third kappa shape index (κ3) is 4.76. The van der Waals surface area contributed by atoms with Crippen LogP contribution < -0.4 is 9.46 Å². The number of carbonyl (C=O) groups is 1. The Morgan fingerprint density at radius 2 is 1.73 bits per heavy atom.